The molecule has 4 nitrogen and oxygen atoms in total. The molecule has 1 aliphatic rings. The quantitative estimate of drug-likeness (QED) is 0.629. The summed E-state index contributed by atoms with van der Waals surface area (Å²) in [5, 5.41) is 4.93. The summed E-state index contributed by atoms with van der Waals surface area (Å²) in [6, 6.07) is 5.60. The number of likely N-dealkylation sites (N-methyl/N-ethyl adjacent to an activating group) is 1. The number of hydrogen-bond donors (Lipinski definition) is 0. The molecular weight excluding hydrogens is 264 g/mol. The van der Waals surface area contributed by atoms with E-state index >= 15 is 0 Å². The Bertz CT molecular complexity index is 461. The van der Waals surface area contributed by atoms with E-state index < -0.39 is 0 Å². The van der Waals surface area contributed by atoms with Gasteiger partial charge in [0.05, 0.1) is 12.3 Å². The second kappa shape index (κ2) is 6.78. The number of halogens is 1. The monoisotopic (exact) mass is 282 g/mol. The number of ether oxygens (including phenoxy) is 1. The zero-order valence-corrected chi connectivity index (χ0v) is 12.1. The second-order valence-electron chi connectivity index (χ2n) is 4.77. The molecule has 0 unspecified atom stereocenters. The van der Waals surface area contributed by atoms with Crippen molar-refractivity contribution in [2.45, 2.75) is 12.8 Å². The molecule has 0 spiro atoms. The fourth-order valence-corrected chi connectivity index (χ4v) is 2.02. The Morgan fingerprint density at radius 1 is 1.42 bits per heavy atom. The number of oxime groups is 1. The third-order valence-corrected chi connectivity index (χ3v) is 3.11. The van der Waals surface area contributed by atoms with E-state index in [1.807, 2.05) is 32.3 Å². The van der Waals surface area contributed by atoms with E-state index in [4.69, 9.17) is 21.2 Å². The molecule has 1 heterocycles. The minimum atomic E-state index is 0.577. The van der Waals surface area contributed by atoms with Crippen molar-refractivity contribution in [2.75, 3.05) is 33.9 Å². The molecule has 0 atom stereocenters. The van der Waals surface area contributed by atoms with Crippen molar-refractivity contribution in [3.8, 4) is 5.75 Å². The summed E-state index contributed by atoms with van der Waals surface area (Å²) in [5.74, 6) is 0.830. The third-order valence-electron chi connectivity index (χ3n) is 2.87. The zero-order chi connectivity index (χ0) is 13.7. The van der Waals surface area contributed by atoms with Crippen LogP contribution in [0.4, 0.5) is 0 Å². The Hall–Kier alpha value is -1.26. The van der Waals surface area contributed by atoms with Crippen LogP contribution in [0.15, 0.2) is 23.4 Å². The van der Waals surface area contributed by atoms with Crippen molar-refractivity contribution in [3.63, 3.8) is 0 Å². The standard InChI is InChI=1S/C14H19ClN2O2/c1-17(2)7-9-19-16-13-4-3-8-18-14-6-5-11(15)10-12(13)14/h5-6,10H,3-4,7-9H2,1-2H3/b16-13-. The molecule has 0 saturated heterocycles. The van der Waals surface area contributed by atoms with Crippen LogP contribution in [0, 0.1) is 0 Å². The van der Waals surface area contributed by atoms with Crippen LogP contribution in [0.25, 0.3) is 0 Å². The molecule has 0 N–H and O–H groups in total. The first-order chi connectivity index (χ1) is 9.16. The summed E-state index contributed by atoms with van der Waals surface area (Å²) in [7, 11) is 4.01. The van der Waals surface area contributed by atoms with Crippen LogP contribution in [0.5, 0.6) is 5.75 Å². The van der Waals surface area contributed by atoms with Gasteiger partial charge in [-0.2, -0.15) is 0 Å². The highest BCUT2D eigenvalue weighted by Crippen LogP contribution is 2.27. The van der Waals surface area contributed by atoms with Gasteiger partial charge in [0.2, 0.25) is 0 Å². The molecule has 2 rings (SSSR count). The van der Waals surface area contributed by atoms with Gasteiger partial charge >= 0.3 is 0 Å². The molecule has 19 heavy (non-hydrogen) atoms. The van der Waals surface area contributed by atoms with E-state index in [9.17, 15) is 0 Å². The summed E-state index contributed by atoms with van der Waals surface area (Å²) in [5.41, 5.74) is 1.85. The average Bonchev–Trinajstić information content (AvgIpc) is 2.57. The SMILES string of the molecule is CN(C)CCO/N=C1/CCCOc2ccc(Cl)cc21. The molecule has 0 fully saturated rings. The van der Waals surface area contributed by atoms with Gasteiger partial charge in [-0.05, 0) is 45.1 Å². The first kappa shape index (κ1) is 14.2. The maximum atomic E-state index is 6.04. The molecule has 104 valence electrons. The van der Waals surface area contributed by atoms with Crippen LogP contribution >= 0.6 is 11.6 Å². The van der Waals surface area contributed by atoms with Crippen LogP contribution in [-0.4, -0.2) is 44.5 Å². The Labute approximate surface area is 118 Å². The third kappa shape index (κ3) is 4.11. The van der Waals surface area contributed by atoms with Gasteiger partial charge in [-0.1, -0.05) is 16.8 Å². The van der Waals surface area contributed by atoms with E-state index in [-0.39, 0.29) is 0 Å². The summed E-state index contributed by atoms with van der Waals surface area (Å²) in [6.07, 6.45) is 1.78. The van der Waals surface area contributed by atoms with E-state index in [2.05, 4.69) is 10.1 Å². The number of nitrogens with zero attached hydrogens (tertiary/aromatic N) is 2. The molecule has 0 aliphatic carbocycles. The van der Waals surface area contributed by atoms with E-state index in [1.165, 1.54) is 0 Å². The summed E-state index contributed by atoms with van der Waals surface area (Å²) in [6.45, 7) is 2.12. The van der Waals surface area contributed by atoms with E-state index in [0.29, 0.717) is 18.2 Å². The fraction of sp³-hybridized carbons (Fsp3) is 0.500. The lowest BCUT2D eigenvalue weighted by molar-refractivity contribution is 0.125. The summed E-state index contributed by atoms with van der Waals surface area (Å²) in [4.78, 5) is 7.44. The molecule has 1 aliphatic heterocycles. The largest absolute Gasteiger partial charge is 0.493 e. The van der Waals surface area contributed by atoms with Gasteiger partial charge in [-0.25, -0.2) is 0 Å². The number of benzene rings is 1. The first-order valence-electron chi connectivity index (χ1n) is 6.43. The molecule has 0 amide bonds. The Kier molecular flexibility index (Phi) is 5.05. The van der Waals surface area contributed by atoms with E-state index in [0.717, 1.165) is 36.4 Å². The molecule has 1 aromatic rings. The minimum absolute atomic E-state index is 0.577. The molecule has 5 heteroatoms. The Balaban J connectivity index is 2.12. The molecule has 1 aromatic carbocycles. The molecule has 0 aromatic heterocycles. The minimum Gasteiger partial charge on any atom is -0.493 e. The number of fused-ring (bicyclic) bond motifs is 1. The van der Waals surface area contributed by atoms with E-state index in [1.54, 1.807) is 0 Å². The molecule has 0 saturated carbocycles. The highest BCUT2D eigenvalue weighted by atomic mass is 35.5. The number of hydrogen-bond acceptors (Lipinski definition) is 4. The van der Waals surface area contributed by atoms with Crippen LogP contribution in [0.2, 0.25) is 5.02 Å². The highest BCUT2D eigenvalue weighted by molar-refractivity contribution is 6.31. The summed E-state index contributed by atoms with van der Waals surface area (Å²) >= 11 is 6.04. The molecular formula is C14H19ClN2O2. The van der Waals surface area contributed by atoms with Crippen LogP contribution in [0.3, 0.4) is 0 Å². The Morgan fingerprint density at radius 3 is 3.05 bits per heavy atom. The lowest BCUT2D eigenvalue weighted by atomic mass is 10.1. The van der Waals surface area contributed by atoms with Gasteiger partial charge in [-0.3, -0.25) is 0 Å². The maximum absolute atomic E-state index is 6.04. The predicted octanol–water partition coefficient (Wildman–Crippen LogP) is 2.79. The number of rotatable bonds is 4. The highest BCUT2D eigenvalue weighted by Gasteiger charge is 2.16. The fourth-order valence-electron chi connectivity index (χ4n) is 1.85. The van der Waals surface area contributed by atoms with Crippen LogP contribution in [0.1, 0.15) is 18.4 Å². The van der Waals surface area contributed by atoms with Gasteiger partial charge in [0.1, 0.15) is 12.4 Å². The molecule has 0 radical (unpaired) electrons. The average molecular weight is 283 g/mol. The van der Waals surface area contributed by atoms with Crippen molar-refractivity contribution >= 4 is 17.3 Å². The van der Waals surface area contributed by atoms with Crippen LogP contribution < -0.4 is 4.74 Å². The van der Waals surface area contributed by atoms with Gasteiger partial charge in [-0.15, -0.1) is 0 Å². The second-order valence-corrected chi connectivity index (χ2v) is 5.20. The predicted molar refractivity (Wildman–Crippen MR) is 77.2 cm³/mol. The van der Waals surface area contributed by atoms with Gasteiger partial charge in [0, 0.05) is 17.1 Å². The topological polar surface area (TPSA) is 34.1 Å². The van der Waals surface area contributed by atoms with Gasteiger partial charge < -0.3 is 14.5 Å². The normalized spacial score (nSPS) is 16.9. The van der Waals surface area contributed by atoms with Gasteiger partial charge in [0.15, 0.2) is 0 Å². The Morgan fingerprint density at radius 2 is 2.26 bits per heavy atom. The smallest absolute Gasteiger partial charge is 0.129 e. The zero-order valence-electron chi connectivity index (χ0n) is 11.4. The van der Waals surface area contributed by atoms with Gasteiger partial charge in [0.25, 0.3) is 0 Å². The van der Waals surface area contributed by atoms with Crippen molar-refractivity contribution in [1.82, 2.24) is 4.90 Å². The van der Waals surface area contributed by atoms with Crippen molar-refractivity contribution in [1.29, 1.82) is 0 Å². The lowest BCUT2D eigenvalue weighted by Crippen LogP contribution is -2.17. The molecule has 0 bridgehead atoms. The summed E-state index contributed by atoms with van der Waals surface area (Å²) < 4.78 is 5.67. The first-order valence-corrected chi connectivity index (χ1v) is 6.81. The maximum Gasteiger partial charge on any atom is 0.129 e. The van der Waals surface area contributed by atoms with Crippen molar-refractivity contribution in [2.24, 2.45) is 5.16 Å². The van der Waals surface area contributed by atoms with Crippen molar-refractivity contribution < 1.29 is 9.57 Å². The van der Waals surface area contributed by atoms with Crippen LogP contribution in [-0.2, 0) is 4.84 Å². The lowest BCUT2D eigenvalue weighted by Gasteiger charge is -2.10. The van der Waals surface area contributed by atoms with Crippen molar-refractivity contribution in [3.05, 3.63) is 28.8 Å².